The SMILES string of the molecule is COc1ccc([C@H](Cc2c(Cl)c[n+](O)cc2Cl)c2cc(CNC(C(=O)O[C@H]3CN4CCC3CC4)c3cccnc3)ccc2C(=O)[O-])cc1OC. The Labute approximate surface area is 300 Å². The summed E-state index contributed by atoms with van der Waals surface area (Å²) in [7, 11) is 3.04. The Kier molecular flexibility index (Phi) is 11.1. The number of aromatic nitrogens is 2. The Morgan fingerprint density at radius 3 is 2.40 bits per heavy atom. The molecule has 0 spiro atoms. The predicted molar refractivity (Wildman–Crippen MR) is 183 cm³/mol. The van der Waals surface area contributed by atoms with Crippen LogP contribution in [0.2, 0.25) is 10.0 Å². The van der Waals surface area contributed by atoms with Crippen molar-refractivity contribution in [3.05, 3.63) is 117 Å². The van der Waals surface area contributed by atoms with E-state index in [4.69, 9.17) is 37.4 Å². The highest BCUT2D eigenvalue weighted by molar-refractivity contribution is 6.35. The van der Waals surface area contributed by atoms with Crippen molar-refractivity contribution in [2.45, 2.75) is 43.9 Å². The number of halogens is 2. The first-order chi connectivity index (χ1) is 24.1. The number of nitrogens with zero attached hydrogens (tertiary/aromatic N) is 3. The van der Waals surface area contributed by atoms with Crippen molar-refractivity contribution in [1.29, 1.82) is 0 Å². The fourth-order valence-corrected chi connectivity index (χ4v) is 7.58. The summed E-state index contributed by atoms with van der Waals surface area (Å²) in [4.78, 5) is 32.9. The van der Waals surface area contributed by atoms with Gasteiger partial charge < -0.3 is 24.1 Å². The van der Waals surface area contributed by atoms with Gasteiger partial charge in [-0.15, -0.1) is 0 Å². The molecule has 0 aliphatic carbocycles. The Morgan fingerprint density at radius 1 is 1.04 bits per heavy atom. The van der Waals surface area contributed by atoms with Crippen LogP contribution in [0.3, 0.4) is 0 Å². The summed E-state index contributed by atoms with van der Waals surface area (Å²) in [5.74, 6) is -1.08. The van der Waals surface area contributed by atoms with Gasteiger partial charge in [0.15, 0.2) is 11.5 Å². The number of carbonyl (C=O) groups excluding carboxylic acids is 2. The van der Waals surface area contributed by atoms with Crippen LogP contribution in [-0.2, 0) is 22.5 Å². The van der Waals surface area contributed by atoms with Crippen LogP contribution in [0.5, 0.6) is 11.5 Å². The van der Waals surface area contributed by atoms with Crippen molar-refractivity contribution in [3.63, 3.8) is 0 Å². The number of hydrogen-bond acceptors (Lipinski definition) is 10. The van der Waals surface area contributed by atoms with Gasteiger partial charge in [-0.1, -0.05) is 53.5 Å². The third kappa shape index (κ3) is 7.81. The smallest absolute Gasteiger partial charge is 0.328 e. The number of aromatic carboxylic acids is 1. The monoisotopic (exact) mass is 720 g/mol. The maximum absolute atomic E-state index is 13.7. The fourth-order valence-electron chi connectivity index (χ4n) is 6.98. The second-order valence-electron chi connectivity index (χ2n) is 12.6. The molecule has 4 aromatic rings. The van der Waals surface area contributed by atoms with E-state index in [1.54, 1.807) is 42.7 Å². The summed E-state index contributed by atoms with van der Waals surface area (Å²) in [5, 5.41) is 26.3. The normalized spacial score (nSPS) is 19.4. The van der Waals surface area contributed by atoms with E-state index in [0.29, 0.717) is 45.2 Å². The summed E-state index contributed by atoms with van der Waals surface area (Å²) in [5.41, 5.74) is 2.95. The van der Waals surface area contributed by atoms with E-state index in [1.165, 1.54) is 32.7 Å². The zero-order valence-electron chi connectivity index (χ0n) is 27.7. The van der Waals surface area contributed by atoms with Crippen LogP contribution >= 0.6 is 23.2 Å². The summed E-state index contributed by atoms with van der Waals surface area (Å²) in [6, 6.07) is 13.1. The average molecular weight is 722 g/mol. The second kappa shape index (κ2) is 15.6. The lowest BCUT2D eigenvalue weighted by Crippen LogP contribution is -2.52. The predicted octanol–water partition coefficient (Wildman–Crippen LogP) is 4.14. The number of benzene rings is 2. The third-order valence-corrected chi connectivity index (χ3v) is 10.3. The van der Waals surface area contributed by atoms with Crippen LogP contribution in [0.1, 0.15) is 63.0 Å². The van der Waals surface area contributed by atoms with Gasteiger partial charge in [-0.2, -0.15) is 0 Å². The molecule has 5 heterocycles. The highest BCUT2D eigenvalue weighted by atomic mass is 35.5. The van der Waals surface area contributed by atoms with E-state index in [1.807, 2.05) is 12.1 Å². The summed E-state index contributed by atoms with van der Waals surface area (Å²) >= 11 is 13.1. The first-order valence-corrected chi connectivity index (χ1v) is 17.1. The number of piperidine rings is 3. The molecule has 2 bridgehead atoms. The van der Waals surface area contributed by atoms with Gasteiger partial charge in [0, 0.05) is 47.3 Å². The van der Waals surface area contributed by atoms with Gasteiger partial charge in [0.25, 0.3) is 0 Å². The first-order valence-electron chi connectivity index (χ1n) is 16.4. The van der Waals surface area contributed by atoms with E-state index in [0.717, 1.165) is 37.2 Å². The number of nitrogens with one attached hydrogen (secondary N) is 1. The molecule has 50 heavy (non-hydrogen) atoms. The van der Waals surface area contributed by atoms with E-state index < -0.39 is 17.9 Å². The largest absolute Gasteiger partial charge is 0.545 e. The lowest BCUT2D eigenvalue weighted by Gasteiger charge is -2.44. The highest BCUT2D eigenvalue weighted by Crippen LogP contribution is 2.39. The van der Waals surface area contributed by atoms with Crippen molar-refractivity contribution < 1.29 is 38.8 Å². The molecule has 1 unspecified atom stereocenters. The molecule has 11 nitrogen and oxygen atoms in total. The quantitative estimate of drug-likeness (QED) is 0.118. The summed E-state index contributed by atoms with van der Waals surface area (Å²) in [6.45, 7) is 2.99. The van der Waals surface area contributed by atoms with E-state index >= 15 is 0 Å². The minimum absolute atomic E-state index is 0.0282. The minimum atomic E-state index is -1.36. The summed E-state index contributed by atoms with van der Waals surface area (Å²) in [6.07, 6.45) is 7.91. The summed E-state index contributed by atoms with van der Waals surface area (Å²) < 4.78 is 17.9. The van der Waals surface area contributed by atoms with Crippen molar-refractivity contribution >= 4 is 35.1 Å². The first kappa shape index (κ1) is 35.4. The van der Waals surface area contributed by atoms with Crippen molar-refractivity contribution in [3.8, 4) is 11.5 Å². The molecule has 0 amide bonds. The third-order valence-electron chi connectivity index (χ3n) is 9.62. The second-order valence-corrected chi connectivity index (χ2v) is 13.4. The molecular weight excluding hydrogens is 683 g/mol. The molecule has 13 heteroatoms. The molecule has 2 N–H and O–H groups in total. The Bertz CT molecular complexity index is 1830. The van der Waals surface area contributed by atoms with Crippen LogP contribution < -0.4 is 24.6 Å². The Morgan fingerprint density at radius 2 is 1.78 bits per heavy atom. The molecular formula is C37H38Cl2N4O7. The standard InChI is InChI=1S/C37H38Cl2N4O7/c1-48-32-8-6-24(15-33(32)49-2)27(16-29-30(38)19-43(47)20-31(29)39)28-14-22(5-7-26(28)36(44)45)17-41-35(25-4-3-11-40-18-25)37(46)50-34-21-42-12-9-23(34)10-13-42/h3-8,11,14-15,18-20,23,27,34-35,41H,9-10,12-13,16-17,21H2,1-2H3,(H-,44,45,47)/t27-,34-,35?/m0/s1. The van der Waals surface area contributed by atoms with Gasteiger partial charge >= 0.3 is 5.97 Å². The number of carboxylic acids is 1. The highest BCUT2D eigenvalue weighted by Gasteiger charge is 2.38. The number of hydrogen-bond donors (Lipinski definition) is 2. The van der Waals surface area contributed by atoms with Crippen molar-refractivity contribution in [2.75, 3.05) is 33.9 Å². The molecule has 3 aliphatic heterocycles. The zero-order valence-corrected chi connectivity index (χ0v) is 29.2. The molecule has 3 saturated heterocycles. The van der Waals surface area contributed by atoms with E-state index in [9.17, 15) is 19.9 Å². The minimum Gasteiger partial charge on any atom is -0.545 e. The topological polar surface area (TPSA) is 137 Å². The molecule has 2 aromatic heterocycles. The van der Waals surface area contributed by atoms with Gasteiger partial charge in [0.1, 0.15) is 22.2 Å². The molecule has 0 radical (unpaired) electrons. The van der Waals surface area contributed by atoms with Crippen molar-refractivity contribution in [1.82, 2.24) is 15.2 Å². The molecule has 0 saturated carbocycles. The van der Waals surface area contributed by atoms with Crippen LogP contribution in [-0.4, -0.2) is 67.0 Å². The van der Waals surface area contributed by atoms with E-state index in [2.05, 4.69) is 15.2 Å². The lowest BCUT2D eigenvalue weighted by molar-refractivity contribution is -0.904. The number of carbonyl (C=O) groups is 2. The van der Waals surface area contributed by atoms with E-state index in [-0.39, 0.29) is 40.6 Å². The lowest BCUT2D eigenvalue weighted by atomic mass is 9.82. The van der Waals surface area contributed by atoms with Crippen LogP contribution in [0, 0.1) is 5.92 Å². The van der Waals surface area contributed by atoms with Gasteiger partial charge in [-0.05, 0) is 78.7 Å². The number of carboxylic acid groups (broad SMARTS) is 1. The van der Waals surface area contributed by atoms with Gasteiger partial charge in [-0.3, -0.25) is 20.4 Å². The van der Waals surface area contributed by atoms with Gasteiger partial charge in [0.05, 0.1) is 20.2 Å². The molecule has 3 atom stereocenters. The Balaban J connectivity index is 1.35. The number of methoxy groups -OCH3 is 2. The number of pyridine rings is 2. The van der Waals surface area contributed by atoms with Gasteiger partial charge in [0.2, 0.25) is 12.4 Å². The molecule has 7 rings (SSSR count). The Hall–Kier alpha value is -4.42. The average Bonchev–Trinajstić information content (AvgIpc) is 3.12. The molecule has 262 valence electrons. The van der Waals surface area contributed by atoms with Gasteiger partial charge in [-0.25, -0.2) is 4.79 Å². The maximum Gasteiger partial charge on any atom is 0.328 e. The van der Waals surface area contributed by atoms with Crippen LogP contribution in [0.25, 0.3) is 0 Å². The number of rotatable bonds is 13. The molecule has 3 fully saturated rings. The number of fused-ring (bicyclic) bond motifs is 3. The molecule has 3 aliphatic rings. The fraction of sp³-hybridized carbons (Fsp3) is 0.351. The number of esters is 1. The maximum atomic E-state index is 13.7. The molecule has 2 aromatic carbocycles. The zero-order chi connectivity index (χ0) is 35.4. The van der Waals surface area contributed by atoms with Crippen LogP contribution in [0.4, 0.5) is 0 Å². The number of ether oxygens (including phenoxy) is 3. The van der Waals surface area contributed by atoms with Crippen molar-refractivity contribution in [2.24, 2.45) is 5.92 Å². The van der Waals surface area contributed by atoms with Crippen LogP contribution in [0.15, 0.2) is 73.3 Å².